The van der Waals surface area contributed by atoms with Gasteiger partial charge in [-0.3, -0.25) is 14.4 Å². The van der Waals surface area contributed by atoms with E-state index in [-0.39, 0.29) is 36.9 Å². The van der Waals surface area contributed by atoms with Crippen molar-refractivity contribution in [2.75, 3.05) is 13.9 Å². The third-order valence-corrected chi connectivity index (χ3v) is 6.60. The molecule has 2 aliphatic heterocycles. The lowest BCUT2D eigenvalue weighted by Crippen LogP contribution is -2.47. The summed E-state index contributed by atoms with van der Waals surface area (Å²) in [5.74, 6) is -0.491. The Hall–Kier alpha value is -3.55. The molecule has 3 unspecified atom stereocenters. The molecule has 0 spiro atoms. The van der Waals surface area contributed by atoms with Crippen LogP contribution in [0.15, 0.2) is 42.5 Å². The molecule has 2 aliphatic rings. The van der Waals surface area contributed by atoms with Crippen molar-refractivity contribution < 1.29 is 28.6 Å². The van der Waals surface area contributed by atoms with E-state index in [1.54, 1.807) is 17.0 Å². The SMILES string of the molecule is COC(=O)C1CC(C(=O)NCc2ccc(C)cc2)N(C(=O)CC(C)(C)C)C1c1ccc2c(c1)OCO2. The third kappa shape index (κ3) is 5.48. The minimum atomic E-state index is -0.815. The van der Waals surface area contributed by atoms with E-state index in [2.05, 4.69) is 5.32 Å². The number of hydrogen-bond donors (Lipinski definition) is 1. The summed E-state index contributed by atoms with van der Waals surface area (Å²) >= 11 is 0. The molecule has 0 aromatic heterocycles. The van der Waals surface area contributed by atoms with E-state index < -0.39 is 24.0 Å². The van der Waals surface area contributed by atoms with Crippen molar-refractivity contribution in [2.45, 2.75) is 59.2 Å². The van der Waals surface area contributed by atoms with Gasteiger partial charge in [-0.15, -0.1) is 0 Å². The number of carbonyl (C=O) groups is 3. The molecular weight excluding hydrogens is 460 g/mol. The van der Waals surface area contributed by atoms with Gasteiger partial charge in [-0.1, -0.05) is 56.7 Å². The van der Waals surface area contributed by atoms with E-state index >= 15 is 0 Å². The third-order valence-electron chi connectivity index (χ3n) is 6.60. The molecule has 0 bridgehead atoms. The summed E-state index contributed by atoms with van der Waals surface area (Å²) in [4.78, 5) is 41.7. The fraction of sp³-hybridized carbons (Fsp3) is 0.464. The van der Waals surface area contributed by atoms with E-state index in [4.69, 9.17) is 14.2 Å². The standard InChI is InChI=1S/C28H34N2O6/c1-17-6-8-18(9-7-17)15-29-26(32)21-13-20(27(33)34-5)25(30(21)24(31)14-28(2,3)4)19-10-11-22-23(12-19)36-16-35-22/h6-12,20-21,25H,13-16H2,1-5H3,(H,29,32). The molecule has 3 atom stereocenters. The zero-order valence-electron chi connectivity index (χ0n) is 21.5. The maximum absolute atomic E-state index is 13.7. The van der Waals surface area contributed by atoms with Crippen LogP contribution in [0.4, 0.5) is 0 Å². The van der Waals surface area contributed by atoms with Crippen LogP contribution in [0.3, 0.4) is 0 Å². The van der Waals surface area contributed by atoms with Gasteiger partial charge in [0.1, 0.15) is 6.04 Å². The van der Waals surface area contributed by atoms with E-state index in [9.17, 15) is 14.4 Å². The van der Waals surface area contributed by atoms with Crippen LogP contribution in [-0.2, 0) is 25.7 Å². The van der Waals surface area contributed by atoms with Crippen LogP contribution in [-0.4, -0.2) is 42.6 Å². The maximum atomic E-state index is 13.7. The molecule has 36 heavy (non-hydrogen) atoms. The molecule has 192 valence electrons. The molecule has 1 fully saturated rings. The van der Waals surface area contributed by atoms with Crippen LogP contribution >= 0.6 is 0 Å². The Morgan fingerprint density at radius 3 is 2.42 bits per heavy atom. The number of hydrogen-bond acceptors (Lipinski definition) is 6. The van der Waals surface area contributed by atoms with Gasteiger partial charge in [0.05, 0.1) is 19.1 Å². The highest BCUT2D eigenvalue weighted by Crippen LogP contribution is 2.45. The molecule has 2 aromatic rings. The van der Waals surface area contributed by atoms with Gasteiger partial charge in [0, 0.05) is 13.0 Å². The molecule has 8 heteroatoms. The summed E-state index contributed by atoms with van der Waals surface area (Å²) < 4.78 is 16.1. The molecule has 2 aromatic carbocycles. The summed E-state index contributed by atoms with van der Waals surface area (Å²) in [6, 6.07) is 11.8. The molecule has 1 N–H and O–H groups in total. The number of nitrogens with one attached hydrogen (secondary N) is 1. The number of nitrogens with zero attached hydrogens (tertiary/aromatic N) is 1. The Balaban J connectivity index is 1.68. The van der Waals surface area contributed by atoms with Gasteiger partial charge in [0.15, 0.2) is 11.5 Å². The molecule has 2 amide bonds. The fourth-order valence-corrected chi connectivity index (χ4v) is 4.86. The Labute approximate surface area is 211 Å². The number of methoxy groups -OCH3 is 1. The largest absolute Gasteiger partial charge is 0.469 e. The molecule has 4 rings (SSSR count). The lowest BCUT2D eigenvalue weighted by Gasteiger charge is -2.33. The second-order valence-electron chi connectivity index (χ2n) is 10.7. The average Bonchev–Trinajstić information content (AvgIpc) is 3.46. The first-order chi connectivity index (χ1) is 17.1. The first-order valence-electron chi connectivity index (χ1n) is 12.2. The average molecular weight is 495 g/mol. The highest BCUT2D eigenvalue weighted by Gasteiger charge is 2.51. The molecule has 0 radical (unpaired) electrons. The van der Waals surface area contributed by atoms with Gasteiger partial charge < -0.3 is 24.4 Å². The highest BCUT2D eigenvalue weighted by atomic mass is 16.7. The van der Waals surface area contributed by atoms with Crippen molar-refractivity contribution >= 4 is 17.8 Å². The molecule has 1 saturated heterocycles. The zero-order valence-corrected chi connectivity index (χ0v) is 21.5. The van der Waals surface area contributed by atoms with E-state index in [0.717, 1.165) is 11.1 Å². The predicted molar refractivity (Wildman–Crippen MR) is 133 cm³/mol. The topological polar surface area (TPSA) is 94.2 Å². The molecule has 0 aliphatic carbocycles. The van der Waals surface area contributed by atoms with Gasteiger partial charge in [-0.2, -0.15) is 0 Å². The Bertz CT molecular complexity index is 1140. The summed E-state index contributed by atoms with van der Waals surface area (Å²) in [5.41, 5.74) is 2.48. The second kappa shape index (κ2) is 10.2. The maximum Gasteiger partial charge on any atom is 0.311 e. The van der Waals surface area contributed by atoms with Crippen LogP contribution in [0.5, 0.6) is 11.5 Å². The lowest BCUT2D eigenvalue weighted by atomic mass is 9.90. The first kappa shape index (κ1) is 25.5. The van der Waals surface area contributed by atoms with Gasteiger partial charge in [-0.25, -0.2) is 0 Å². The summed E-state index contributed by atoms with van der Waals surface area (Å²) in [7, 11) is 1.32. The van der Waals surface area contributed by atoms with Crippen molar-refractivity contribution in [2.24, 2.45) is 11.3 Å². The molecule has 8 nitrogen and oxygen atoms in total. The number of esters is 1. The minimum absolute atomic E-state index is 0.112. The van der Waals surface area contributed by atoms with Crippen LogP contribution in [0.1, 0.15) is 56.3 Å². The van der Waals surface area contributed by atoms with Crippen LogP contribution in [0.2, 0.25) is 0 Å². The monoisotopic (exact) mass is 494 g/mol. The number of fused-ring (bicyclic) bond motifs is 1. The Morgan fingerprint density at radius 2 is 1.75 bits per heavy atom. The molecule has 0 saturated carbocycles. The van der Waals surface area contributed by atoms with Crippen molar-refractivity contribution in [1.82, 2.24) is 10.2 Å². The predicted octanol–water partition coefficient (Wildman–Crippen LogP) is 3.91. The quantitative estimate of drug-likeness (QED) is 0.612. The smallest absolute Gasteiger partial charge is 0.311 e. The number of carbonyl (C=O) groups excluding carboxylic acids is 3. The molecular formula is C28H34N2O6. The van der Waals surface area contributed by atoms with Crippen LogP contribution in [0, 0.1) is 18.3 Å². The van der Waals surface area contributed by atoms with E-state index in [1.165, 1.54) is 7.11 Å². The minimum Gasteiger partial charge on any atom is -0.469 e. The van der Waals surface area contributed by atoms with Gasteiger partial charge >= 0.3 is 5.97 Å². The highest BCUT2D eigenvalue weighted by molar-refractivity contribution is 5.91. The van der Waals surface area contributed by atoms with Gasteiger partial charge in [0.25, 0.3) is 0 Å². The number of ether oxygens (including phenoxy) is 3. The number of rotatable bonds is 6. The van der Waals surface area contributed by atoms with Crippen LogP contribution < -0.4 is 14.8 Å². The van der Waals surface area contributed by atoms with Crippen molar-refractivity contribution in [3.8, 4) is 11.5 Å². The van der Waals surface area contributed by atoms with Gasteiger partial charge in [0.2, 0.25) is 18.6 Å². The summed E-state index contributed by atoms with van der Waals surface area (Å²) in [6.07, 6.45) is 0.394. The Morgan fingerprint density at radius 1 is 1.06 bits per heavy atom. The zero-order chi connectivity index (χ0) is 26.0. The number of likely N-dealkylation sites (tertiary alicyclic amines) is 1. The van der Waals surface area contributed by atoms with Crippen LogP contribution in [0.25, 0.3) is 0 Å². The number of amides is 2. The lowest BCUT2D eigenvalue weighted by molar-refractivity contribution is -0.147. The van der Waals surface area contributed by atoms with Crippen molar-refractivity contribution in [3.63, 3.8) is 0 Å². The first-order valence-corrected chi connectivity index (χ1v) is 12.2. The van der Waals surface area contributed by atoms with E-state index in [1.807, 2.05) is 58.0 Å². The van der Waals surface area contributed by atoms with E-state index in [0.29, 0.717) is 23.6 Å². The van der Waals surface area contributed by atoms with Crippen molar-refractivity contribution in [1.29, 1.82) is 0 Å². The summed E-state index contributed by atoms with van der Waals surface area (Å²) in [6.45, 7) is 8.36. The number of aryl methyl sites for hydroxylation is 1. The molecule has 2 heterocycles. The summed E-state index contributed by atoms with van der Waals surface area (Å²) in [5, 5.41) is 2.97. The van der Waals surface area contributed by atoms with Crippen molar-refractivity contribution in [3.05, 3.63) is 59.2 Å². The fourth-order valence-electron chi connectivity index (χ4n) is 4.86. The Kier molecular flexibility index (Phi) is 7.24. The normalized spacial score (nSPS) is 20.8. The second-order valence-corrected chi connectivity index (χ2v) is 10.7. The van der Waals surface area contributed by atoms with Gasteiger partial charge in [-0.05, 0) is 42.0 Å². The number of benzene rings is 2.